The first-order valence-electron chi connectivity index (χ1n) is 5.37. The molecule has 1 saturated carbocycles. The summed E-state index contributed by atoms with van der Waals surface area (Å²) in [5.41, 5.74) is 0. The molecular weight excluding hydrogens is 249 g/mol. The third kappa shape index (κ3) is 2.95. The molecule has 88 valence electrons. The molecule has 0 saturated heterocycles. The molecule has 0 radical (unpaired) electrons. The summed E-state index contributed by atoms with van der Waals surface area (Å²) in [6, 6.07) is 0. The van der Waals surface area contributed by atoms with Crippen molar-refractivity contribution < 1.29 is 4.74 Å². The minimum atomic E-state index is 0.0586. The van der Waals surface area contributed by atoms with Crippen LogP contribution < -0.4 is 4.74 Å². The number of ether oxygens (including phenoxy) is 1. The molecule has 2 unspecified atom stereocenters. The fourth-order valence-corrected chi connectivity index (χ4v) is 2.24. The van der Waals surface area contributed by atoms with E-state index in [1.54, 1.807) is 0 Å². The van der Waals surface area contributed by atoms with E-state index in [1.165, 1.54) is 12.8 Å². The van der Waals surface area contributed by atoms with Crippen molar-refractivity contribution >= 4 is 23.2 Å². The monoisotopic (exact) mass is 261 g/mol. The Bertz CT molecular complexity index is 375. The number of hydrogen-bond donors (Lipinski definition) is 0. The Labute approximate surface area is 104 Å². The SMILES string of the molecule is CC1CCCC(Oc2nc(Cl)nnc2Cl)C1. The van der Waals surface area contributed by atoms with Crippen molar-refractivity contribution in [1.29, 1.82) is 0 Å². The van der Waals surface area contributed by atoms with Gasteiger partial charge in [-0.2, -0.15) is 4.98 Å². The van der Waals surface area contributed by atoms with Crippen LogP contribution in [0, 0.1) is 5.92 Å². The van der Waals surface area contributed by atoms with Crippen molar-refractivity contribution in [3.63, 3.8) is 0 Å². The van der Waals surface area contributed by atoms with Gasteiger partial charge in [-0.25, -0.2) is 0 Å². The summed E-state index contributed by atoms with van der Waals surface area (Å²) in [5.74, 6) is 0.976. The van der Waals surface area contributed by atoms with E-state index in [0.29, 0.717) is 11.8 Å². The highest BCUT2D eigenvalue weighted by Gasteiger charge is 2.22. The Balaban J connectivity index is 2.05. The van der Waals surface area contributed by atoms with Gasteiger partial charge in [0.15, 0.2) is 0 Å². The van der Waals surface area contributed by atoms with Crippen LogP contribution in [-0.4, -0.2) is 21.3 Å². The van der Waals surface area contributed by atoms with Crippen molar-refractivity contribution in [3.05, 3.63) is 10.4 Å². The average molecular weight is 262 g/mol. The molecule has 0 spiro atoms. The van der Waals surface area contributed by atoms with Crippen LogP contribution in [0.2, 0.25) is 10.4 Å². The zero-order chi connectivity index (χ0) is 11.5. The molecule has 0 N–H and O–H groups in total. The van der Waals surface area contributed by atoms with E-state index in [1.807, 2.05) is 0 Å². The maximum atomic E-state index is 5.83. The average Bonchev–Trinajstić information content (AvgIpc) is 2.24. The molecule has 1 aromatic rings. The Hall–Kier alpha value is -0.610. The van der Waals surface area contributed by atoms with Gasteiger partial charge in [0.1, 0.15) is 6.10 Å². The van der Waals surface area contributed by atoms with Crippen molar-refractivity contribution in [1.82, 2.24) is 15.2 Å². The van der Waals surface area contributed by atoms with E-state index < -0.39 is 0 Å². The van der Waals surface area contributed by atoms with Crippen LogP contribution in [0.1, 0.15) is 32.6 Å². The second-order valence-electron chi connectivity index (χ2n) is 4.19. The minimum Gasteiger partial charge on any atom is -0.472 e. The van der Waals surface area contributed by atoms with Gasteiger partial charge in [-0.15, -0.1) is 10.2 Å². The first kappa shape index (κ1) is 11.9. The van der Waals surface area contributed by atoms with Gasteiger partial charge in [-0.3, -0.25) is 0 Å². The van der Waals surface area contributed by atoms with Crippen molar-refractivity contribution in [2.24, 2.45) is 5.92 Å². The normalized spacial score (nSPS) is 25.4. The van der Waals surface area contributed by atoms with E-state index >= 15 is 0 Å². The largest absolute Gasteiger partial charge is 0.472 e. The molecule has 2 atom stereocenters. The van der Waals surface area contributed by atoms with Gasteiger partial charge in [0.2, 0.25) is 10.4 Å². The molecule has 4 nitrogen and oxygen atoms in total. The summed E-state index contributed by atoms with van der Waals surface area (Å²) >= 11 is 11.5. The van der Waals surface area contributed by atoms with Gasteiger partial charge in [0, 0.05) is 0 Å². The molecule has 1 heterocycles. The third-order valence-electron chi connectivity index (χ3n) is 2.76. The number of hydrogen-bond acceptors (Lipinski definition) is 4. The first-order chi connectivity index (χ1) is 7.65. The van der Waals surface area contributed by atoms with Gasteiger partial charge in [0.05, 0.1) is 0 Å². The fourth-order valence-electron chi connectivity index (χ4n) is 2.00. The standard InChI is InChI=1S/C10H13Cl2N3O/c1-6-3-2-4-7(5-6)16-9-8(11)14-15-10(12)13-9/h6-7H,2-5H2,1H3. The Morgan fingerprint density at radius 1 is 1.25 bits per heavy atom. The number of rotatable bonds is 2. The van der Waals surface area contributed by atoms with Crippen LogP contribution in [-0.2, 0) is 0 Å². The highest BCUT2D eigenvalue weighted by molar-refractivity contribution is 6.31. The summed E-state index contributed by atoms with van der Waals surface area (Å²) in [4.78, 5) is 3.93. The molecule has 0 bridgehead atoms. The van der Waals surface area contributed by atoms with Gasteiger partial charge in [0.25, 0.3) is 5.88 Å². The lowest BCUT2D eigenvalue weighted by Crippen LogP contribution is -2.24. The Morgan fingerprint density at radius 3 is 2.81 bits per heavy atom. The highest BCUT2D eigenvalue weighted by Crippen LogP contribution is 2.29. The molecule has 0 aromatic carbocycles. The van der Waals surface area contributed by atoms with Gasteiger partial charge >= 0.3 is 0 Å². The molecule has 6 heteroatoms. The maximum absolute atomic E-state index is 5.83. The zero-order valence-electron chi connectivity index (χ0n) is 8.99. The topological polar surface area (TPSA) is 47.9 Å². The molecule has 0 amide bonds. The number of nitrogens with zero attached hydrogens (tertiary/aromatic N) is 3. The van der Waals surface area contributed by atoms with Gasteiger partial charge in [-0.1, -0.05) is 24.9 Å². The molecule has 2 rings (SSSR count). The van der Waals surface area contributed by atoms with E-state index in [0.717, 1.165) is 12.8 Å². The lowest BCUT2D eigenvalue weighted by atomic mass is 9.89. The van der Waals surface area contributed by atoms with E-state index in [2.05, 4.69) is 22.1 Å². The quantitative estimate of drug-likeness (QED) is 0.821. The summed E-state index contributed by atoms with van der Waals surface area (Å²) in [7, 11) is 0. The van der Waals surface area contributed by atoms with E-state index in [9.17, 15) is 0 Å². The molecule has 1 aliphatic rings. The number of aromatic nitrogens is 3. The predicted octanol–water partition coefficient (Wildman–Crippen LogP) is 3.14. The van der Waals surface area contributed by atoms with Gasteiger partial charge < -0.3 is 4.74 Å². The van der Waals surface area contributed by atoms with Crippen LogP contribution in [0.3, 0.4) is 0 Å². The molecule has 1 fully saturated rings. The second-order valence-corrected chi connectivity index (χ2v) is 4.88. The van der Waals surface area contributed by atoms with Crippen molar-refractivity contribution in [2.75, 3.05) is 0 Å². The summed E-state index contributed by atoms with van der Waals surface area (Å²) in [6.07, 6.45) is 4.65. The van der Waals surface area contributed by atoms with Crippen molar-refractivity contribution in [3.8, 4) is 5.88 Å². The summed E-state index contributed by atoms with van der Waals surface area (Å²) in [6.45, 7) is 2.22. The maximum Gasteiger partial charge on any atom is 0.257 e. The summed E-state index contributed by atoms with van der Waals surface area (Å²) < 4.78 is 5.71. The van der Waals surface area contributed by atoms with E-state index in [4.69, 9.17) is 27.9 Å². The fraction of sp³-hybridized carbons (Fsp3) is 0.700. The van der Waals surface area contributed by atoms with Crippen molar-refractivity contribution in [2.45, 2.75) is 38.7 Å². The van der Waals surface area contributed by atoms with E-state index in [-0.39, 0.29) is 16.5 Å². The lowest BCUT2D eigenvalue weighted by Gasteiger charge is -2.26. The first-order valence-corrected chi connectivity index (χ1v) is 6.13. The second kappa shape index (κ2) is 5.15. The van der Waals surface area contributed by atoms with Crippen LogP contribution in [0.25, 0.3) is 0 Å². The molecule has 1 aromatic heterocycles. The molecular formula is C10H13Cl2N3O. The highest BCUT2D eigenvalue weighted by atomic mass is 35.5. The van der Waals surface area contributed by atoms with Gasteiger partial charge in [-0.05, 0) is 36.8 Å². The lowest BCUT2D eigenvalue weighted by molar-refractivity contribution is 0.123. The van der Waals surface area contributed by atoms with Crippen LogP contribution >= 0.6 is 23.2 Å². The molecule has 0 aliphatic heterocycles. The molecule has 1 aliphatic carbocycles. The van der Waals surface area contributed by atoms with Crippen LogP contribution in [0.4, 0.5) is 0 Å². The summed E-state index contributed by atoms with van der Waals surface area (Å²) in [5, 5.41) is 7.43. The Kier molecular flexibility index (Phi) is 3.82. The zero-order valence-corrected chi connectivity index (χ0v) is 10.5. The molecule has 16 heavy (non-hydrogen) atoms. The predicted molar refractivity (Wildman–Crippen MR) is 61.9 cm³/mol. The number of halogens is 2. The third-order valence-corrected chi connectivity index (χ3v) is 3.15. The minimum absolute atomic E-state index is 0.0586. The Morgan fingerprint density at radius 2 is 2.06 bits per heavy atom. The smallest absolute Gasteiger partial charge is 0.257 e. The van der Waals surface area contributed by atoms with Crippen LogP contribution in [0.15, 0.2) is 0 Å². The van der Waals surface area contributed by atoms with Crippen LogP contribution in [0.5, 0.6) is 5.88 Å².